The van der Waals surface area contributed by atoms with Crippen LogP contribution < -0.4 is 15.0 Å². The smallest absolute Gasteiger partial charge is 0.265 e. The number of hydrogen-bond donors (Lipinski definition) is 1. The van der Waals surface area contributed by atoms with Crippen LogP contribution in [0.25, 0.3) is 11.0 Å². The number of nitrogens with zero attached hydrogens (tertiary/aromatic N) is 3. The van der Waals surface area contributed by atoms with Crippen LogP contribution in [0.5, 0.6) is 5.75 Å². The lowest BCUT2D eigenvalue weighted by molar-refractivity contribution is 0.103. The summed E-state index contributed by atoms with van der Waals surface area (Å²) in [5.41, 5.74) is 6.68. The molecule has 2 aliphatic rings. The Kier molecular flexibility index (Phi) is 5.66. The molecule has 8 heteroatoms. The quantitative estimate of drug-likeness (QED) is 0.392. The van der Waals surface area contributed by atoms with Gasteiger partial charge >= 0.3 is 0 Å². The molecule has 1 aliphatic heterocycles. The van der Waals surface area contributed by atoms with E-state index in [0.717, 1.165) is 42.9 Å². The molecule has 0 bridgehead atoms. The lowest BCUT2D eigenvalue weighted by Crippen LogP contribution is -2.29. The van der Waals surface area contributed by atoms with Gasteiger partial charge in [-0.2, -0.15) is 0 Å². The van der Waals surface area contributed by atoms with Gasteiger partial charge in [-0.15, -0.1) is 11.3 Å². The van der Waals surface area contributed by atoms with Crippen LogP contribution in [0.2, 0.25) is 0 Å². The molecule has 2 aromatic carbocycles. The maximum Gasteiger partial charge on any atom is 0.265 e. The average molecular weight is 475 g/mol. The zero-order valence-corrected chi connectivity index (χ0v) is 19.7. The number of carbonyl (C=O) groups excluding carboxylic acids is 1. The standard InChI is InChI=1S/C26H26N4O3S/c31-26(23-13-17(16-34-23)15-32-20-8-7-18-5-4-6-19(18)14-20)27-21-9-10-22(25-24(21)28-33-29-25)30-11-2-1-3-12-30/h7-10,13-14,16H,1-6,11-12,15H2,(H,27,31). The molecule has 0 unspecified atom stereocenters. The van der Waals surface area contributed by atoms with E-state index < -0.39 is 0 Å². The van der Waals surface area contributed by atoms with Crippen LogP contribution in [-0.4, -0.2) is 29.3 Å². The number of thiophene rings is 1. The van der Waals surface area contributed by atoms with Gasteiger partial charge in [-0.3, -0.25) is 4.79 Å². The highest BCUT2D eigenvalue weighted by atomic mass is 32.1. The van der Waals surface area contributed by atoms with Crippen LogP contribution in [0.4, 0.5) is 11.4 Å². The van der Waals surface area contributed by atoms with Crippen molar-refractivity contribution >= 4 is 39.7 Å². The van der Waals surface area contributed by atoms with Gasteiger partial charge in [0.15, 0.2) is 11.0 Å². The summed E-state index contributed by atoms with van der Waals surface area (Å²) < 4.78 is 11.0. The molecule has 0 saturated carbocycles. The van der Waals surface area contributed by atoms with Crippen molar-refractivity contribution < 1.29 is 14.2 Å². The fourth-order valence-electron chi connectivity index (χ4n) is 4.90. The van der Waals surface area contributed by atoms with E-state index in [0.29, 0.717) is 28.2 Å². The van der Waals surface area contributed by atoms with E-state index >= 15 is 0 Å². The number of anilines is 2. The molecule has 1 fully saturated rings. The van der Waals surface area contributed by atoms with Gasteiger partial charge in [-0.05, 0) is 95.7 Å². The molecular weight excluding hydrogens is 448 g/mol. The van der Waals surface area contributed by atoms with Gasteiger partial charge in [0.1, 0.15) is 12.4 Å². The van der Waals surface area contributed by atoms with Crippen molar-refractivity contribution in [1.82, 2.24) is 10.3 Å². The number of benzene rings is 2. The largest absolute Gasteiger partial charge is 0.489 e. The first-order valence-electron chi connectivity index (χ1n) is 11.9. The van der Waals surface area contributed by atoms with Gasteiger partial charge in [0.05, 0.1) is 16.3 Å². The van der Waals surface area contributed by atoms with Crippen molar-refractivity contribution in [2.24, 2.45) is 0 Å². The minimum absolute atomic E-state index is 0.177. The van der Waals surface area contributed by atoms with Gasteiger partial charge in [0.25, 0.3) is 5.91 Å². The highest BCUT2D eigenvalue weighted by Crippen LogP contribution is 2.32. The first-order chi connectivity index (χ1) is 16.7. The lowest BCUT2D eigenvalue weighted by atomic mass is 10.1. The molecule has 2 aromatic heterocycles. The van der Waals surface area contributed by atoms with E-state index in [4.69, 9.17) is 9.37 Å². The van der Waals surface area contributed by atoms with Gasteiger partial charge in [0.2, 0.25) is 0 Å². The maximum atomic E-state index is 13.0. The molecular formula is C26H26N4O3S. The Balaban J connectivity index is 1.13. The predicted molar refractivity (Wildman–Crippen MR) is 133 cm³/mol. The fraction of sp³-hybridized carbons (Fsp3) is 0.346. The Morgan fingerprint density at radius 3 is 2.76 bits per heavy atom. The minimum atomic E-state index is -0.177. The number of piperidine rings is 1. The molecule has 0 atom stereocenters. The number of rotatable bonds is 6. The normalized spacial score (nSPS) is 15.5. The monoisotopic (exact) mass is 474 g/mol. The summed E-state index contributed by atoms with van der Waals surface area (Å²) in [6.07, 6.45) is 7.11. The van der Waals surface area contributed by atoms with Crippen molar-refractivity contribution in [2.75, 3.05) is 23.3 Å². The SMILES string of the molecule is O=C(Nc1ccc(N2CCCCC2)c2nonc12)c1cc(COc2ccc3c(c2)CCC3)cs1. The summed E-state index contributed by atoms with van der Waals surface area (Å²) in [7, 11) is 0. The van der Waals surface area contributed by atoms with E-state index in [1.807, 2.05) is 29.6 Å². The third-order valence-electron chi connectivity index (χ3n) is 6.69. The van der Waals surface area contributed by atoms with Crippen LogP contribution in [0.15, 0.2) is 46.4 Å². The summed E-state index contributed by atoms with van der Waals surface area (Å²) in [4.78, 5) is 15.9. The van der Waals surface area contributed by atoms with Crippen LogP contribution in [0, 0.1) is 0 Å². The van der Waals surface area contributed by atoms with E-state index in [-0.39, 0.29) is 5.91 Å². The second kappa shape index (κ2) is 9.10. The zero-order chi connectivity index (χ0) is 22.9. The Morgan fingerprint density at radius 1 is 1.00 bits per heavy atom. The third kappa shape index (κ3) is 4.14. The number of amides is 1. The molecule has 6 rings (SSSR count). The van der Waals surface area contributed by atoms with Gasteiger partial charge < -0.3 is 15.0 Å². The van der Waals surface area contributed by atoms with Crippen molar-refractivity contribution in [2.45, 2.75) is 45.1 Å². The van der Waals surface area contributed by atoms with Crippen molar-refractivity contribution in [3.63, 3.8) is 0 Å². The van der Waals surface area contributed by atoms with Crippen molar-refractivity contribution in [3.8, 4) is 5.75 Å². The molecule has 7 nitrogen and oxygen atoms in total. The Labute approximate surface area is 201 Å². The summed E-state index contributed by atoms with van der Waals surface area (Å²) in [5.74, 6) is 0.705. The summed E-state index contributed by atoms with van der Waals surface area (Å²) in [6, 6.07) is 12.1. The molecule has 4 aromatic rings. The van der Waals surface area contributed by atoms with Crippen molar-refractivity contribution in [1.29, 1.82) is 0 Å². The number of aromatic nitrogens is 2. The number of ether oxygens (including phenoxy) is 1. The van der Waals surface area contributed by atoms with Crippen LogP contribution in [-0.2, 0) is 19.4 Å². The van der Waals surface area contributed by atoms with Gasteiger partial charge in [-0.25, -0.2) is 4.63 Å². The maximum absolute atomic E-state index is 13.0. The van der Waals surface area contributed by atoms with E-state index in [2.05, 4.69) is 32.7 Å². The second-order valence-corrected chi connectivity index (χ2v) is 9.90. The lowest BCUT2D eigenvalue weighted by Gasteiger charge is -2.28. The second-order valence-electron chi connectivity index (χ2n) is 8.99. The minimum Gasteiger partial charge on any atom is -0.489 e. The molecule has 3 heterocycles. The Hall–Kier alpha value is -3.39. The number of aryl methyl sites for hydroxylation is 2. The number of nitrogens with one attached hydrogen (secondary N) is 1. The molecule has 1 amide bonds. The zero-order valence-electron chi connectivity index (χ0n) is 18.9. The molecule has 34 heavy (non-hydrogen) atoms. The summed E-state index contributed by atoms with van der Waals surface area (Å²) in [5, 5.41) is 13.1. The molecule has 174 valence electrons. The highest BCUT2D eigenvalue weighted by molar-refractivity contribution is 7.12. The van der Waals surface area contributed by atoms with Crippen LogP contribution in [0.3, 0.4) is 0 Å². The molecule has 0 spiro atoms. The van der Waals surface area contributed by atoms with Gasteiger partial charge in [-0.1, -0.05) is 6.07 Å². The molecule has 0 radical (unpaired) electrons. The van der Waals surface area contributed by atoms with Gasteiger partial charge in [0, 0.05) is 18.7 Å². The molecule has 1 saturated heterocycles. The van der Waals surface area contributed by atoms with Crippen LogP contribution in [0.1, 0.15) is 52.0 Å². The molecule has 1 aliphatic carbocycles. The predicted octanol–water partition coefficient (Wildman–Crippen LogP) is 5.59. The number of hydrogen-bond acceptors (Lipinski definition) is 7. The van der Waals surface area contributed by atoms with Crippen molar-refractivity contribution in [3.05, 3.63) is 63.3 Å². The topological polar surface area (TPSA) is 80.5 Å². The number of fused-ring (bicyclic) bond motifs is 2. The first-order valence-corrected chi connectivity index (χ1v) is 12.8. The van der Waals surface area contributed by atoms with E-state index in [1.54, 1.807) is 0 Å². The average Bonchev–Trinajstić information content (AvgIpc) is 3.64. The third-order valence-corrected chi connectivity index (χ3v) is 7.67. The highest BCUT2D eigenvalue weighted by Gasteiger charge is 2.20. The summed E-state index contributed by atoms with van der Waals surface area (Å²) >= 11 is 1.41. The van der Waals surface area contributed by atoms with E-state index in [1.165, 1.54) is 48.1 Å². The summed E-state index contributed by atoms with van der Waals surface area (Å²) in [6.45, 7) is 2.43. The Bertz CT molecular complexity index is 1340. The fourth-order valence-corrected chi connectivity index (χ4v) is 5.70. The number of carbonyl (C=O) groups is 1. The van der Waals surface area contributed by atoms with Crippen LogP contribution >= 0.6 is 11.3 Å². The van der Waals surface area contributed by atoms with E-state index in [9.17, 15) is 4.79 Å². The first kappa shape index (κ1) is 21.2. The molecule has 1 N–H and O–H groups in total. The Morgan fingerprint density at radius 2 is 1.85 bits per heavy atom.